The van der Waals surface area contributed by atoms with Crippen LogP contribution in [0.5, 0.6) is 0 Å². The van der Waals surface area contributed by atoms with Gasteiger partial charge < -0.3 is 5.73 Å². The maximum Gasteiger partial charge on any atom is 0.0635 e. The zero-order valence-corrected chi connectivity index (χ0v) is 12.0. The first-order chi connectivity index (χ1) is 8.65. The predicted molar refractivity (Wildman–Crippen MR) is 82.3 cm³/mol. The van der Waals surface area contributed by atoms with Crippen LogP contribution in [0.15, 0.2) is 42.5 Å². The van der Waals surface area contributed by atoms with E-state index in [1.54, 1.807) is 0 Å². The summed E-state index contributed by atoms with van der Waals surface area (Å²) in [7, 11) is 0. The molecule has 0 fully saturated rings. The first-order valence-corrected chi connectivity index (χ1v) is 7.42. The molecule has 4 heteroatoms. The minimum atomic E-state index is 0.612. The lowest BCUT2D eigenvalue weighted by Crippen LogP contribution is -1.89. The highest BCUT2D eigenvalue weighted by molar-refractivity contribution is 7.97. The van der Waals surface area contributed by atoms with E-state index in [2.05, 4.69) is 0 Å². The molecule has 2 aromatic rings. The minimum Gasteiger partial charge on any atom is -0.398 e. The van der Waals surface area contributed by atoms with E-state index in [-0.39, 0.29) is 0 Å². The molecule has 2 aromatic carbocycles. The van der Waals surface area contributed by atoms with Crippen LogP contribution in [0, 0.1) is 0 Å². The maximum absolute atomic E-state index is 5.88. The van der Waals surface area contributed by atoms with Gasteiger partial charge in [0.15, 0.2) is 0 Å². The molecule has 0 heterocycles. The van der Waals surface area contributed by atoms with E-state index in [0.717, 1.165) is 16.5 Å². The van der Waals surface area contributed by atoms with E-state index >= 15 is 0 Å². The van der Waals surface area contributed by atoms with Gasteiger partial charge in [0.05, 0.1) is 10.7 Å². The molecule has 0 saturated carbocycles. The Bertz CT molecular complexity index is 526. The van der Waals surface area contributed by atoms with Crippen molar-refractivity contribution in [1.29, 1.82) is 0 Å². The fraction of sp³-hybridized carbons (Fsp3) is 0.143. The number of anilines is 1. The SMILES string of the molecule is Nc1cc(CSCc2ccc(Cl)cc2)ccc1Cl. The summed E-state index contributed by atoms with van der Waals surface area (Å²) in [5.74, 6) is 1.88. The normalized spacial score (nSPS) is 10.6. The summed E-state index contributed by atoms with van der Waals surface area (Å²) in [6.07, 6.45) is 0. The smallest absolute Gasteiger partial charge is 0.0635 e. The van der Waals surface area contributed by atoms with Crippen LogP contribution in [0.3, 0.4) is 0 Å². The van der Waals surface area contributed by atoms with Crippen molar-refractivity contribution < 1.29 is 0 Å². The molecule has 0 aliphatic carbocycles. The molecule has 0 bridgehead atoms. The molecule has 0 radical (unpaired) electrons. The summed E-state index contributed by atoms with van der Waals surface area (Å²) in [5.41, 5.74) is 8.86. The number of nitrogen functional groups attached to an aromatic ring is 1. The fourth-order valence-electron chi connectivity index (χ4n) is 1.55. The zero-order valence-electron chi connectivity index (χ0n) is 9.70. The number of rotatable bonds is 4. The van der Waals surface area contributed by atoms with Gasteiger partial charge in [-0.3, -0.25) is 0 Å². The van der Waals surface area contributed by atoms with E-state index < -0.39 is 0 Å². The molecule has 18 heavy (non-hydrogen) atoms. The van der Waals surface area contributed by atoms with Crippen molar-refractivity contribution in [2.75, 3.05) is 5.73 Å². The zero-order chi connectivity index (χ0) is 13.0. The Morgan fingerprint density at radius 3 is 2.17 bits per heavy atom. The number of halogens is 2. The highest BCUT2D eigenvalue weighted by Gasteiger charge is 1.99. The topological polar surface area (TPSA) is 26.0 Å². The summed E-state index contributed by atoms with van der Waals surface area (Å²) in [5, 5.41) is 1.38. The van der Waals surface area contributed by atoms with Gasteiger partial charge in [0.2, 0.25) is 0 Å². The highest BCUT2D eigenvalue weighted by Crippen LogP contribution is 2.24. The lowest BCUT2D eigenvalue weighted by molar-refractivity contribution is 1.37. The standard InChI is InChI=1S/C14H13Cl2NS/c15-12-4-1-10(2-5-12)8-18-9-11-3-6-13(16)14(17)7-11/h1-7H,8-9,17H2. The molecular formula is C14H13Cl2NS. The van der Waals surface area contributed by atoms with Crippen molar-refractivity contribution in [3.63, 3.8) is 0 Å². The molecule has 0 aliphatic heterocycles. The largest absolute Gasteiger partial charge is 0.398 e. The first-order valence-electron chi connectivity index (χ1n) is 5.51. The third-order valence-electron chi connectivity index (χ3n) is 2.51. The second-order valence-electron chi connectivity index (χ2n) is 3.98. The van der Waals surface area contributed by atoms with Gasteiger partial charge in [0.25, 0.3) is 0 Å². The van der Waals surface area contributed by atoms with Crippen molar-refractivity contribution in [3.05, 3.63) is 63.6 Å². The maximum atomic E-state index is 5.88. The van der Waals surface area contributed by atoms with Crippen molar-refractivity contribution in [1.82, 2.24) is 0 Å². The van der Waals surface area contributed by atoms with Gasteiger partial charge in [-0.15, -0.1) is 0 Å². The molecule has 2 rings (SSSR count). The lowest BCUT2D eigenvalue weighted by Gasteiger charge is -2.05. The number of thioether (sulfide) groups is 1. The molecule has 0 saturated heterocycles. The van der Waals surface area contributed by atoms with Gasteiger partial charge >= 0.3 is 0 Å². The second kappa shape index (κ2) is 6.37. The van der Waals surface area contributed by atoms with Crippen LogP contribution in [0.25, 0.3) is 0 Å². The van der Waals surface area contributed by atoms with Crippen LogP contribution in [0.1, 0.15) is 11.1 Å². The molecular weight excluding hydrogens is 285 g/mol. The van der Waals surface area contributed by atoms with Crippen LogP contribution >= 0.6 is 35.0 Å². The van der Waals surface area contributed by atoms with Crippen molar-refractivity contribution >= 4 is 40.7 Å². The van der Waals surface area contributed by atoms with Gasteiger partial charge in [-0.05, 0) is 35.4 Å². The van der Waals surface area contributed by atoms with Crippen LogP contribution in [-0.2, 0) is 11.5 Å². The van der Waals surface area contributed by atoms with Crippen molar-refractivity contribution in [2.24, 2.45) is 0 Å². The van der Waals surface area contributed by atoms with E-state index in [1.165, 1.54) is 11.1 Å². The molecule has 94 valence electrons. The Labute approximate surface area is 121 Å². The summed E-state index contributed by atoms with van der Waals surface area (Å²) < 4.78 is 0. The molecule has 0 aliphatic rings. The molecule has 2 N–H and O–H groups in total. The molecule has 0 amide bonds. The number of nitrogens with two attached hydrogens (primary N) is 1. The van der Waals surface area contributed by atoms with Crippen LogP contribution < -0.4 is 5.73 Å². The van der Waals surface area contributed by atoms with Gasteiger partial charge in [0.1, 0.15) is 0 Å². The Balaban J connectivity index is 1.88. The lowest BCUT2D eigenvalue weighted by atomic mass is 10.2. The van der Waals surface area contributed by atoms with Gasteiger partial charge in [0, 0.05) is 16.5 Å². The fourth-order valence-corrected chi connectivity index (χ4v) is 2.74. The molecule has 0 atom stereocenters. The number of benzene rings is 2. The molecule has 1 nitrogen and oxygen atoms in total. The van der Waals surface area contributed by atoms with E-state index in [4.69, 9.17) is 28.9 Å². The Hall–Kier alpha value is -0.830. The third kappa shape index (κ3) is 3.84. The van der Waals surface area contributed by atoms with Gasteiger partial charge in [-0.25, -0.2) is 0 Å². The van der Waals surface area contributed by atoms with E-state index in [1.807, 2.05) is 54.2 Å². The third-order valence-corrected chi connectivity index (χ3v) is 4.18. The molecule has 0 spiro atoms. The molecule has 0 aromatic heterocycles. The van der Waals surface area contributed by atoms with Crippen molar-refractivity contribution in [2.45, 2.75) is 11.5 Å². The Morgan fingerprint density at radius 1 is 0.889 bits per heavy atom. The first kappa shape index (κ1) is 13.6. The van der Waals surface area contributed by atoms with E-state index in [9.17, 15) is 0 Å². The number of hydrogen-bond donors (Lipinski definition) is 1. The van der Waals surface area contributed by atoms with Crippen molar-refractivity contribution in [3.8, 4) is 0 Å². The Morgan fingerprint density at radius 2 is 1.50 bits per heavy atom. The minimum absolute atomic E-state index is 0.612. The quantitative estimate of drug-likeness (QED) is 0.803. The molecule has 0 unspecified atom stereocenters. The average Bonchev–Trinajstić information content (AvgIpc) is 2.36. The van der Waals surface area contributed by atoms with Crippen LogP contribution in [0.2, 0.25) is 10.0 Å². The summed E-state index contributed by atoms with van der Waals surface area (Å²) >= 11 is 13.6. The summed E-state index contributed by atoms with van der Waals surface area (Å²) in [4.78, 5) is 0. The van der Waals surface area contributed by atoms with E-state index in [0.29, 0.717) is 10.7 Å². The number of hydrogen-bond acceptors (Lipinski definition) is 2. The van der Waals surface area contributed by atoms with Crippen LogP contribution in [-0.4, -0.2) is 0 Å². The van der Waals surface area contributed by atoms with Crippen LogP contribution in [0.4, 0.5) is 5.69 Å². The van der Waals surface area contributed by atoms with Gasteiger partial charge in [-0.1, -0.05) is 41.4 Å². The average molecular weight is 298 g/mol. The predicted octanol–water partition coefficient (Wildman–Crippen LogP) is 5.01. The monoisotopic (exact) mass is 297 g/mol. The van der Waals surface area contributed by atoms with Gasteiger partial charge in [-0.2, -0.15) is 11.8 Å². The Kier molecular flexibility index (Phi) is 4.81. The summed E-state index contributed by atoms with van der Waals surface area (Å²) in [6, 6.07) is 13.7. The highest BCUT2D eigenvalue weighted by atomic mass is 35.5. The second-order valence-corrected chi connectivity index (χ2v) is 5.80. The summed E-state index contributed by atoms with van der Waals surface area (Å²) in [6.45, 7) is 0.